The second-order valence-electron chi connectivity index (χ2n) is 3.17. The molecule has 1 rings (SSSR count). The molecule has 1 aromatic rings. The van der Waals surface area contributed by atoms with E-state index in [0.717, 1.165) is 12.1 Å². The van der Waals surface area contributed by atoms with Crippen molar-refractivity contribution in [3.05, 3.63) is 29.3 Å². The summed E-state index contributed by atoms with van der Waals surface area (Å²) in [7, 11) is 0. The first-order chi connectivity index (χ1) is 8.08. The molecule has 17 heavy (non-hydrogen) atoms. The molecule has 0 atom stereocenters. The van der Waals surface area contributed by atoms with Gasteiger partial charge in [-0.3, -0.25) is 9.59 Å². The summed E-state index contributed by atoms with van der Waals surface area (Å²) in [5, 5.41) is 2.41. The van der Waals surface area contributed by atoms with Crippen LogP contribution in [-0.2, 0) is 4.79 Å². The Morgan fingerprint density at radius 3 is 2.47 bits per heavy atom. The molecule has 0 spiro atoms. The fourth-order valence-electron chi connectivity index (χ4n) is 1.17. The Morgan fingerprint density at radius 1 is 1.41 bits per heavy atom. The standard InChI is InChI=1S/C11H11F2NO3/c1-2-14-10(16)6-17-11-8(12)3-7(5-15)4-9(11)13/h3-5H,2,6H2,1H3,(H,14,16). The Balaban J connectivity index is 2.78. The number of amides is 1. The molecule has 0 radical (unpaired) electrons. The monoisotopic (exact) mass is 243 g/mol. The Hall–Kier alpha value is -1.98. The predicted octanol–water partition coefficient (Wildman–Crippen LogP) is 1.29. The summed E-state index contributed by atoms with van der Waals surface area (Å²) < 4.78 is 31.3. The van der Waals surface area contributed by atoms with Gasteiger partial charge in [-0.1, -0.05) is 0 Å². The fourth-order valence-corrected chi connectivity index (χ4v) is 1.17. The van der Waals surface area contributed by atoms with E-state index >= 15 is 0 Å². The molecule has 0 unspecified atom stereocenters. The van der Waals surface area contributed by atoms with Crippen LogP contribution in [0.2, 0.25) is 0 Å². The molecule has 0 saturated carbocycles. The summed E-state index contributed by atoms with van der Waals surface area (Å²) in [6.45, 7) is 1.62. The second kappa shape index (κ2) is 5.93. The van der Waals surface area contributed by atoms with Crippen molar-refractivity contribution in [1.29, 1.82) is 0 Å². The molecule has 0 aromatic heterocycles. The van der Waals surface area contributed by atoms with Gasteiger partial charge in [-0.15, -0.1) is 0 Å². The van der Waals surface area contributed by atoms with Crippen LogP contribution in [0.25, 0.3) is 0 Å². The van der Waals surface area contributed by atoms with Gasteiger partial charge < -0.3 is 10.1 Å². The molecular weight excluding hydrogens is 232 g/mol. The molecule has 6 heteroatoms. The molecule has 0 aliphatic rings. The number of halogens is 2. The fraction of sp³-hybridized carbons (Fsp3) is 0.273. The molecule has 0 aliphatic carbocycles. The van der Waals surface area contributed by atoms with Crippen molar-refractivity contribution in [3.8, 4) is 5.75 Å². The second-order valence-corrected chi connectivity index (χ2v) is 3.17. The van der Waals surface area contributed by atoms with E-state index in [1.807, 2.05) is 0 Å². The first kappa shape index (κ1) is 13.1. The zero-order chi connectivity index (χ0) is 12.8. The van der Waals surface area contributed by atoms with Crippen molar-refractivity contribution in [2.24, 2.45) is 0 Å². The first-order valence-corrected chi connectivity index (χ1v) is 4.92. The van der Waals surface area contributed by atoms with Crippen molar-refractivity contribution in [2.45, 2.75) is 6.92 Å². The third-order valence-electron chi connectivity index (χ3n) is 1.88. The number of likely N-dealkylation sites (N-methyl/N-ethyl adjacent to an activating group) is 1. The Bertz CT molecular complexity index is 412. The highest BCUT2D eigenvalue weighted by atomic mass is 19.1. The number of nitrogens with one attached hydrogen (secondary N) is 1. The third-order valence-corrected chi connectivity index (χ3v) is 1.88. The van der Waals surface area contributed by atoms with Gasteiger partial charge in [0.15, 0.2) is 24.0 Å². The minimum atomic E-state index is -1.02. The normalized spacial score (nSPS) is 9.82. The Labute approximate surface area is 96.6 Å². The number of hydrogen-bond acceptors (Lipinski definition) is 3. The quantitative estimate of drug-likeness (QED) is 0.793. The Morgan fingerprint density at radius 2 is 2.00 bits per heavy atom. The molecule has 1 N–H and O–H groups in total. The zero-order valence-corrected chi connectivity index (χ0v) is 9.13. The summed E-state index contributed by atoms with van der Waals surface area (Å²) in [4.78, 5) is 21.4. The summed E-state index contributed by atoms with van der Waals surface area (Å²) in [6.07, 6.45) is 0.319. The molecule has 0 saturated heterocycles. The average molecular weight is 243 g/mol. The SMILES string of the molecule is CCNC(=O)COc1c(F)cc(C=O)cc1F. The minimum absolute atomic E-state index is 0.134. The van der Waals surface area contributed by atoms with Crippen molar-refractivity contribution in [3.63, 3.8) is 0 Å². The van der Waals surface area contributed by atoms with Crippen LogP contribution in [0.5, 0.6) is 5.75 Å². The van der Waals surface area contributed by atoms with Gasteiger partial charge in [0, 0.05) is 12.1 Å². The summed E-state index contributed by atoms with van der Waals surface area (Å²) in [5.41, 5.74) is -0.134. The number of ether oxygens (including phenoxy) is 1. The van der Waals surface area contributed by atoms with Crippen LogP contribution in [0, 0.1) is 11.6 Å². The van der Waals surface area contributed by atoms with E-state index in [0.29, 0.717) is 12.8 Å². The molecule has 0 heterocycles. The largest absolute Gasteiger partial charge is 0.478 e. The highest BCUT2D eigenvalue weighted by Crippen LogP contribution is 2.22. The smallest absolute Gasteiger partial charge is 0.257 e. The lowest BCUT2D eigenvalue weighted by Gasteiger charge is -2.08. The summed E-state index contributed by atoms with van der Waals surface area (Å²) in [6, 6.07) is 1.67. The van der Waals surface area contributed by atoms with E-state index in [2.05, 4.69) is 5.32 Å². The average Bonchev–Trinajstić information content (AvgIpc) is 2.28. The van der Waals surface area contributed by atoms with Crippen LogP contribution in [0.15, 0.2) is 12.1 Å². The molecule has 92 valence electrons. The van der Waals surface area contributed by atoms with Gasteiger partial charge in [0.1, 0.15) is 6.29 Å². The van der Waals surface area contributed by atoms with Gasteiger partial charge >= 0.3 is 0 Å². The van der Waals surface area contributed by atoms with Crippen LogP contribution in [0.4, 0.5) is 8.78 Å². The van der Waals surface area contributed by atoms with Crippen molar-refractivity contribution in [2.75, 3.05) is 13.2 Å². The highest BCUT2D eigenvalue weighted by Gasteiger charge is 2.13. The first-order valence-electron chi connectivity index (χ1n) is 4.92. The number of aldehydes is 1. The lowest BCUT2D eigenvalue weighted by molar-refractivity contribution is -0.123. The van der Waals surface area contributed by atoms with Crippen LogP contribution in [0.3, 0.4) is 0 Å². The number of carbonyl (C=O) groups excluding carboxylic acids is 2. The molecular formula is C11H11F2NO3. The lowest BCUT2D eigenvalue weighted by atomic mass is 10.2. The molecule has 4 nitrogen and oxygen atoms in total. The van der Waals surface area contributed by atoms with Crippen LogP contribution < -0.4 is 10.1 Å². The molecule has 0 bridgehead atoms. The van der Waals surface area contributed by atoms with Gasteiger partial charge in [0.2, 0.25) is 0 Å². The van der Waals surface area contributed by atoms with E-state index in [1.165, 1.54) is 0 Å². The van der Waals surface area contributed by atoms with Crippen molar-refractivity contribution >= 4 is 12.2 Å². The van der Waals surface area contributed by atoms with Crippen molar-refractivity contribution in [1.82, 2.24) is 5.32 Å². The van der Waals surface area contributed by atoms with E-state index in [9.17, 15) is 18.4 Å². The van der Waals surface area contributed by atoms with E-state index in [4.69, 9.17) is 4.74 Å². The Kier molecular flexibility index (Phi) is 4.56. The van der Waals surface area contributed by atoms with Gasteiger partial charge in [-0.05, 0) is 19.1 Å². The van der Waals surface area contributed by atoms with Crippen LogP contribution in [0.1, 0.15) is 17.3 Å². The molecule has 1 amide bonds. The number of benzene rings is 1. The summed E-state index contributed by atoms with van der Waals surface area (Å²) in [5.74, 6) is -3.18. The molecule has 1 aromatic carbocycles. The topological polar surface area (TPSA) is 55.4 Å². The highest BCUT2D eigenvalue weighted by molar-refractivity contribution is 5.77. The minimum Gasteiger partial charge on any atom is -0.478 e. The number of rotatable bonds is 5. The van der Waals surface area contributed by atoms with E-state index < -0.39 is 29.9 Å². The van der Waals surface area contributed by atoms with E-state index in [1.54, 1.807) is 6.92 Å². The molecule has 0 fully saturated rings. The van der Waals surface area contributed by atoms with Gasteiger partial charge in [-0.25, -0.2) is 8.78 Å². The van der Waals surface area contributed by atoms with Gasteiger partial charge in [0.05, 0.1) is 0 Å². The van der Waals surface area contributed by atoms with Gasteiger partial charge in [-0.2, -0.15) is 0 Å². The number of carbonyl (C=O) groups is 2. The number of hydrogen-bond donors (Lipinski definition) is 1. The van der Waals surface area contributed by atoms with Crippen molar-refractivity contribution < 1.29 is 23.1 Å². The zero-order valence-electron chi connectivity index (χ0n) is 9.13. The molecule has 0 aliphatic heterocycles. The summed E-state index contributed by atoms with van der Waals surface area (Å²) >= 11 is 0. The maximum Gasteiger partial charge on any atom is 0.257 e. The van der Waals surface area contributed by atoms with E-state index in [-0.39, 0.29) is 5.56 Å². The third kappa shape index (κ3) is 3.51. The maximum absolute atomic E-state index is 13.3. The lowest BCUT2D eigenvalue weighted by Crippen LogP contribution is -2.28. The van der Waals surface area contributed by atoms with Crippen LogP contribution >= 0.6 is 0 Å². The van der Waals surface area contributed by atoms with Gasteiger partial charge in [0.25, 0.3) is 5.91 Å². The maximum atomic E-state index is 13.3. The van der Waals surface area contributed by atoms with Crippen LogP contribution in [-0.4, -0.2) is 25.3 Å². The predicted molar refractivity (Wildman–Crippen MR) is 55.9 cm³/mol.